The zero-order valence-corrected chi connectivity index (χ0v) is 20.0. The van der Waals surface area contributed by atoms with Gasteiger partial charge in [-0.1, -0.05) is 36.4 Å². The second kappa shape index (κ2) is 11.2. The van der Waals surface area contributed by atoms with Crippen LogP contribution in [0.4, 0.5) is 17.6 Å². The van der Waals surface area contributed by atoms with E-state index in [4.69, 9.17) is 4.74 Å². The number of hydrogen-bond donors (Lipinski definition) is 0. The molecule has 3 atom stereocenters. The molecule has 3 rings (SSSR count). The lowest BCUT2D eigenvalue weighted by Crippen LogP contribution is -2.43. The van der Waals surface area contributed by atoms with Crippen LogP contribution in [0, 0.1) is 5.82 Å². The molecule has 0 aliphatic carbocycles. The Kier molecular flexibility index (Phi) is 9.32. The Labute approximate surface area is 198 Å². The third-order valence-electron chi connectivity index (χ3n) is 5.90. The van der Waals surface area contributed by atoms with Crippen molar-refractivity contribution in [2.45, 2.75) is 37.1 Å². The third-order valence-corrected chi connectivity index (χ3v) is 6.84. The molecule has 0 radical (unpaired) electrons. The molecule has 2 aromatic carbocycles. The molecule has 1 heterocycles. The van der Waals surface area contributed by atoms with Gasteiger partial charge in [-0.2, -0.15) is 13.2 Å². The number of alkyl halides is 3. The fourth-order valence-corrected chi connectivity index (χ4v) is 5.24. The number of benzene rings is 2. The van der Waals surface area contributed by atoms with Gasteiger partial charge in [0.05, 0.1) is 17.8 Å². The summed E-state index contributed by atoms with van der Waals surface area (Å²) in [4.78, 5) is 2.17. The van der Waals surface area contributed by atoms with Crippen molar-refractivity contribution in [2.24, 2.45) is 0 Å². The highest BCUT2D eigenvalue weighted by Gasteiger charge is 2.42. The van der Waals surface area contributed by atoms with Gasteiger partial charge in [-0.15, -0.1) is 12.4 Å². The minimum absolute atomic E-state index is 0. The van der Waals surface area contributed by atoms with Gasteiger partial charge in [0.15, 0.2) is 0 Å². The molecule has 0 unspecified atom stereocenters. The average molecular weight is 510 g/mol. The lowest BCUT2D eigenvalue weighted by molar-refractivity contribution is -0.145. The number of nitrogens with zero attached hydrogens (tertiary/aromatic N) is 1. The minimum atomic E-state index is -4.64. The number of piperidine rings is 1. The van der Waals surface area contributed by atoms with Gasteiger partial charge in [0.25, 0.3) is 0 Å². The number of hydrogen-bond acceptors (Lipinski definition) is 4. The summed E-state index contributed by atoms with van der Waals surface area (Å²) in [5.41, 5.74) is 1.80. The predicted molar refractivity (Wildman–Crippen MR) is 122 cm³/mol. The Hall–Kier alpha value is -1.68. The van der Waals surface area contributed by atoms with E-state index in [1.54, 1.807) is 31.4 Å². The number of sulfone groups is 1. The number of ether oxygens (including phenoxy) is 1. The molecule has 0 amide bonds. The van der Waals surface area contributed by atoms with Gasteiger partial charge in [0.1, 0.15) is 15.7 Å². The van der Waals surface area contributed by atoms with Crippen LogP contribution in [0.25, 0.3) is 0 Å². The van der Waals surface area contributed by atoms with E-state index in [1.165, 1.54) is 24.3 Å². The van der Waals surface area contributed by atoms with Gasteiger partial charge >= 0.3 is 6.18 Å². The van der Waals surface area contributed by atoms with Crippen molar-refractivity contribution in [1.82, 2.24) is 4.90 Å². The van der Waals surface area contributed by atoms with Gasteiger partial charge in [0, 0.05) is 32.4 Å². The molecule has 1 saturated heterocycles. The highest BCUT2D eigenvalue weighted by atomic mass is 35.5. The standard InChI is InChI=1S/C23H27F4NO3S.ClH/c1-31-22-14-28(12-11-20(22)17-7-9-19(24)10-8-17)13-16-3-5-18(6-4-16)21(23(25,26)27)15-32(2,29)30;/h3-10,20-22H,11-15H2,1-2H3;1H/t20-,21+,22+;/m1./s1. The van der Waals surface area contributed by atoms with E-state index in [-0.39, 0.29) is 35.8 Å². The molecule has 0 bridgehead atoms. The predicted octanol–water partition coefficient (Wildman–Crippen LogP) is 4.94. The quantitative estimate of drug-likeness (QED) is 0.496. The Balaban J connectivity index is 0.00000385. The van der Waals surface area contributed by atoms with E-state index in [1.807, 2.05) is 0 Å². The zero-order chi connectivity index (χ0) is 23.5. The first kappa shape index (κ1) is 27.6. The van der Waals surface area contributed by atoms with Crippen LogP contribution in [-0.4, -0.2) is 57.8 Å². The maximum atomic E-state index is 13.4. The van der Waals surface area contributed by atoms with Crippen molar-refractivity contribution >= 4 is 22.2 Å². The zero-order valence-electron chi connectivity index (χ0n) is 18.4. The molecule has 0 saturated carbocycles. The average Bonchev–Trinajstić information content (AvgIpc) is 2.72. The molecule has 10 heteroatoms. The summed E-state index contributed by atoms with van der Waals surface area (Å²) < 4.78 is 82.0. The van der Waals surface area contributed by atoms with Gasteiger partial charge < -0.3 is 4.74 Å². The number of likely N-dealkylation sites (tertiary alicyclic amines) is 1. The fourth-order valence-electron chi connectivity index (χ4n) is 4.25. The molecule has 4 nitrogen and oxygen atoms in total. The number of methoxy groups -OCH3 is 1. The highest BCUT2D eigenvalue weighted by molar-refractivity contribution is 7.90. The van der Waals surface area contributed by atoms with Crippen LogP contribution >= 0.6 is 12.4 Å². The molecular weight excluding hydrogens is 482 g/mol. The van der Waals surface area contributed by atoms with Crippen LogP contribution in [0.3, 0.4) is 0 Å². The van der Waals surface area contributed by atoms with Crippen LogP contribution in [0.2, 0.25) is 0 Å². The monoisotopic (exact) mass is 509 g/mol. The summed E-state index contributed by atoms with van der Waals surface area (Å²) >= 11 is 0. The summed E-state index contributed by atoms with van der Waals surface area (Å²) in [5.74, 6) is -3.16. The Morgan fingerprint density at radius 2 is 1.70 bits per heavy atom. The van der Waals surface area contributed by atoms with Crippen molar-refractivity contribution in [3.8, 4) is 0 Å². The van der Waals surface area contributed by atoms with Crippen molar-refractivity contribution in [1.29, 1.82) is 0 Å². The topological polar surface area (TPSA) is 46.6 Å². The molecule has 0 N–H and O–H groups in total. The molecule has 33 heavy (non-hydrogen) atoms. The van der Waals surface area contributed by atoms with E-state index in [0.29, 0.717) is 13.1 Å². The van der Waals surface area contributed by atoms with Gasteiger partial charge in [-0.05, 0) is 41.8 Å². The normalized spacial score (nSPS) is 20.8. The second-order valence-electron chi connectivity index (χ2n) is 8.38. The SMILES string of the molecule is CO[C@H]1CN(Cc2ccc([C@H](CS(C)(=O)=O)C(F)(F)F)cc2)CC[C@@H]1c1ccc(F)cc1.Cl. The summed E-state index contributed by atoms with van der Waals surface area (Å²) in [6, 6.07) is 12.4. The molecule has 2 aromatic rings. The molecular formula is C23H28ClF4NO3S. The van der Waals surface area contributed by atoms with Crippen molar-refractivity contribution in [3.05, 3.63) is 71.0 Å². The number of rotatable bonds is 7. The fraction of sp³-hybridized carbons (Fsp3) is 0.478. The summed E-state index contributed by atoms with van der Waals surface area (Å²) in [7, 11) is -2.15. The van der Waals surface area contributed by atoms with Crippen molar-refractivity contribution in [2.75, 3.05) is 32.2 Å². The maximum Gasteiger partial charge on any atom is 0.396 e. The Morgan fingerprint density at radius 3 is 2.21 bits per heavy atom. The van der Waals surface area contributed by atoms with Gasteiger partial charge in [0.2, 0.25) is 0 Å². The smallest absolute Gasteiger partial charge is 0.379 e. The van der Waals surface area contributed by atoms with E-state index in [9.17, 15) is 26.0 Å². The third kappa shape index (κ3) is 7.67. The first-order valence-electron chi connectivity index (χ1n) is 10.3. The van der Waals surface area contributed by atoms with E-state index in [0.717, 1.165) is 30.3 Å². The summed E-state index contributed by atoms with van der Waals surface area (Å²) in [6.07, 6.45) is -3.11. The van der Waals surface area contributed by atoms with Crippen molar-refractivity contribution < 1.29 is 30.7 Å². The second-order valence-corrected chi connectivity index (χ2v) is 10.6. The highest BCUT2D eigenvalue weighted by Crippen LogP contribution is 2.36. The maximum absolute atomic E-state index is 13.4. The van der Waals surface area contributed by atoms with Crippen LogP contribution in [0.5, 0.6) is 0 Å². The first-order chi connectivity index (χ1) is 15.0. The molecule has 1 aliphatic rings. The lowest BCUT2D eigenvalue weighted by Gasteiger charge is -2.38. The first-order valence-corrected chi connectivity index (χ1v) is 12.4. The van der Waals surface area contributed by atoms with Gasteiger partial charge in [-0.25, -0.2) is 12.8 Å². The van der Waals surface area contributed by atoms with E-state index < -0.39 is 27.7 Å². The molecule has 1 aliphatic heterocycles. The summed E-state index contributed by atoms with van der Waals surface area (Å²) in [5, 5.41) is 0. The van der Waals surface area contributed by atoms with Crippen LogP contribution in [0.15, 0.2) is 48.5 Å². The number of halogens is 5. The molecule has 184 valence electrons. The van der Waals surface area contributed by atoms with Crippen LogP contribution in [-0.2, 0) is 21.1 Å². The van der Waals surface area contributed by atoms with E-state index >= 15 is 0 Å². The molecule has 0 spiro atoms. The van der Waals surface area contributed by atoms with Crippen LogP contribution in [0.1, 0.15) is 34.9 Å². The Bertz CT molecular complexity index is 998. The Morgan fingerprint density at radius 1 is 1.09 bits per heavy atom. The lowest BCUT2D eigenvalue weighted by atomic mass is 9.86. The van der Waals surface area contributed by atoms with E-state index in [2.05, 4.69) is 4.90 Å². The largest absolute Gasteiger partial charge is 0.396 e. The van der Waals surface area contributed by atoms with Gasteiger partial charge in [-0.3, -0.25) is 4.90 Å². The molecule has 1 fully saturated rings. The van der Waals surface area contributed by atoms with Crippen molar-refractivity contribution in [3.63, 3.8) is 0 Å². The minimum Gasteiger partial charge on any atom is -0.379 e. The van der Waals surface area contributed by atoms with Crippen LogP contribution < -0.4 is 0 Å². The molecule has 0 aromatic heterocycles. The summed E-state index contributed by atoms with van der Waals surface area (Å²) in [6.45, 7) is 1.95.